The summed E-state index contributed by atoms with van der Waals surface area (Å²) in [7, 11) is 1.66. The minimum atomic E-state index is -1.07. The van der Waals surface area contributed by atoms with Crippen molar-refractivity contribution in [2.75, 3.05) is 26.7 Å². The van der Waals surface area contributed by atoms with Gasteiger partial charge in [0, 0.05) is 29.9 Å². The van der Waals surface area contributed by atoms with Crippen molar-refractivity contribution in [2.45, 2.75) is 31.2 Å². The average molecular weight is 494 g/mol. The Hall–Kier alpha value is -4.06. The second kappa shape index (κ2) is 9.11. The summed E-state index contributed by atoms with van der Waals surface area (Å²) in [6.45, 7) is 3.05. The van der Waals surface area contributed by atoms with Gasteiger partial charge in [-0.2, -0.15) is 0 Å². The number of benzene rings is 3. The van der Waals surface area contributed by atoms with Gasteiger partial charge in [0.15, 0.2) is 5.54 Å². The Kier molecular flexibility index (Phi) is 5.75. The highest BCUT2D eigenvalue weighted by Crippen LogP contribution is 2.48. The van der Waals surface area contributed by atoms with E-state index in [0.717, 1.165) is 46.3 Å². The lowest BCUT2D eigenvalue weighted by atomic mass is 9.76. The van der Waals surface area contributed by atoms with Crippen LogP contribution in [0.25, 0.3) is 10.9 Å². The molecule has 6 rings (SSSR count). The molecule has 6 heteroatoms. The number of carbonyl (C=O) groups excluding carboxylic acids is 2. The predicted molar refractivity (Wildman–Crippen MR) is 144 cm³/mol. The molecule has 6 nitrogen and oxygen atoms in total. The van der Waals surface area contributed by atoms with Gasteiger partial charge in [0.1, 0.15) is 5.75 Å². The van der Waals surface area contributed by atoms with Crippen LogP contribution in [0.15, 0.2) is 78.9 Å². The van der Waals surface area contributed by atoms with Crippen molar-refractivity contribution in [3.63, 3.8) is 0 Å². The van der Waals surface area contributed by atoms with Gasteiger partial charge in [0.05, 0.1) is 19.3 Å². The summed E-state index contributed by atoms with van der Waals surface area (Å²) in [5.41, 5.74) is 4.18. The van der Waals surface area contributed by atoms with Crippen LogP contribution in [0.5, 0.6) is 5.75 Å². The fraction of sp³-hybridized carbons (Fsp3) is 0.290. The van der Waals surface area contributed by atoms with Crippen LogP contribution < -0.4 is 4.74 Å². The zero-order valence-electron chi connectivity index (χ0n) is 21.2. The molecule has 0 aliphatic carbocycles. The molecule has 2 atom stereocenters. The van der Waals surface area contributed by atoms with Crippen LogP contribution in [0.4, 0.5) is 0 Å². The maximum atomic E-state index is 14.1. The molecule has 188 valence electrons. The van der Waals surface area contributed by atoms with Crippen LogP contribution in [0, 0.1) is 0 Å². The minimum Gasteiger partial charge on any atom is -0.497 e. The van der Waals surface area contributed by atoms with E-state index >= 15 is 0 Å². The highest BCUT2D eigenvalue weighted by Gasteiger charge is 2.56. The number of nitrogens with zero attached hydrogens (tertiary/aromatic N) is 2. The number of H-pyrrole nitrogens is 1. The Bertz CT molecular complexity index is 1460. The number of amides is 2. The van der Waals surface area contributed by atoms with E-state index in [2.05, 4.69) is 35.3 Å². The summed E-state index contributed by atoms with van der Waals surface area (Å²) >= 11 is 0. The lowest BCUT2D eigenvalue weighted by Gasteiger charge is -2.51. The third kappa shape index (κ3) is 3.79. The summed E-state index contributed by atoms with van der Waals surface area (Å²) in [4.78, 5) is 34.9. The van der Waals surface area contributed by atoms with E-state index in [1.54, 1.807) is 16.9 Å². The van der Waals surface area contributed by atoms with Gasteiger partial charge < -0.3 is 19.5 Å². The van der Waals surface area contributed by atoms with E-state index in [1.807, 2.05) is 55.5 Å². The molecule has 3 aromatic carbocycles. The number of fused-ring (bicyclic) bond motifs is 5. The molecule has 1 saturated heterocycles. The Morgan fingerprint density at radius 2 is 1.70 bits per heavy atom. The van der Waals surface area contributed by atoms with E-state index in [1.165, 1.54) is 5.56 Å². The number of ether oxygens (including phenoxy) is 1. The highest BCUT2D eigenvalue weighted by molar-refractivity contribution is 6.01. The molecule has 1 aromatic heterocycles. The number of rotatable bonds is 6. The molecule has 2 aliphatic rings. The lowest BCUT2D eigenvalue weighted by molar-refractivity contribution is -0.166. The molecular weight excluding hydrogens is 462 g/mol. The molecule has 0 radical (unpaired) electrons. The van der Waals surface area contributed by atoms with E-state index in [9.17, 15) is 9.59 Å². The van der Waals surface area contributed by atoms with Crippen molar-refractivity contribution in [3.8, 4) is 5.75 Å². The van der Waals surface area contributed by atoms with Gasteiger partial charge in [0.2, 0.25) is 5.91 Å². The third-order valence-electron chi connectivity index (χ3n) is 8.07. The van der Waals surface area contributed by atoms with Gasteiger partial charge in [-0.25, -0.2) is 0 Å². The summed E-state index contributed by atoms with van der Waals surface area (Å²) < 4.78 is 5.37. The molecule has 4 aromatic rings. The fourth-order valence-electron chi connectivity index (χ4n) is 6.11. The number of para-hydroxylation sites is 1. The number of carbonyl (C=O) groups is 2. The largest absolute Gasteiger partial charge is 0.497 e. The third-order valence-corrected chi connectivity index (χ3v) is 8.07. The molecule has 1 N–H and O–H groups in total. The molecule has 2 aliphatic heterocycles. The van der Waals surface area contributed by atoms with E-state index in [4.69, 9.17) is 4.74 Å². The minimum absolute atomic E-state index is 0.00960. The monoisotopic (exact) mass is 493 g/mol. The lowest BCUT2D eigenvalue weighted by Crippen LogP contribution is -2.67. The number of piperazine rings is 1. The molecular formula is C31H31N3O3. The first kappa shape index (κ1) is 23.3. The van der Waals surface area contributed by atoms with Crippen molar-refractivity contribution in [3.05, 3.63) is 101 Å². The quantitative estimate of drug-likeness (QED) is 0.418. The normalized spacial score (nSPS) is 21.2. The van der Waals surface area contributed by atoms with Gasteiger partial charge in [0.25, 0.3) is 5.91 Å². The van der Waals surface area contributed by atoms with Gasteiger partial charge >= 0.3 is 0 Å². The van der Waals surface area contributed by atoms with Gasteiger partial charge in [-0.1, -0.05) is 60.7 Å². The fourth-order valence-corrected chi connectivity index (χ4v) is 6.11. The number of nitrogens with one attached hydrogen (secondary N) is 1. The van der Waals surface area contributed by atoms with Crippen molar-refractivity contribution in [2.24, 2.45) is 0 Å². The second-order valence-electron chi connectivity index (χ2n) is 10.2. The van der Waals surface area contributed by atoms with Crippen molar-refractivity contribution in [1.82, 2.24) is 14.8 Å². The van der Waals surface area contributed by atoms with Crippen LogP contribution in [0.1, 0.15) is 41.6 Å². The van der Waals surface area contributed by atoms with E-state index in [0.29, 0.717) is 13.1 Å². The van der Waals surface area contributed by atoms with Crippen LogP contribution >= 0.6 is 0 Å². The maximum absolute atomic E-state index is 14.1. The Labute approximate surface area is 216 Å². The van der Waals surface area contributed by atoms with Crippen molar-refractivity contribution >= 4 is 22.7 Å². The van der Waals surface area contributed by atoms with Gasteiger partial charge in [-0.3, -0.25) is 9.59 Å². The van der Waals surface area contributed by atoms with E-state index in [-0.39, 0.29) is 24.3 Å². The van der Waals surface area contributed by atoms with Crippen molar-refractivity contribution in [1.29, 1.82) is 0 Å². The van der Waals surface area contributed by atoms with Crippen LogP contribution in [-0.4, -0.2) is 53.3 Å². The molecule has 1 unspecified atom stereocenters. The Balaban J connectivity index is 1.39. The number of methoxy groups -OCH3 is 1. The summed E-state index contributed by atoms with van der Waals surface area (Å²) in [6, 6.07) is 26.5. The molecule has 0 saturated carbocycles. The molecule has 0 spiro atoms. The first-order chi connectivity index (χ1) is 18.0. The Morgan fingerprint density at radius 1 is 0.973 bits per heavy atom. The SMILES string of the molecule is COc1ccc(C2CN3C(=O)CN(CCCc4ccccc4)C(=O)[C@]3(C)c3[nH]c4ccccc4c32)cc1. The molecule has 37 heavy (non-hydrogen) atoms. The number of hydrogen-bond donors (Lipinski definition) is 1. The van der Waals surface area contributed by atoms with Crippen LogP contribution in [-0.2, 0) is 21.5 Å². The van der Waals surface area contributed by atoms with Crippen molar-refractivity contribution < 1.29 is 14.3 Å². The maximum Gasteiger partial charge on any atom is 0.254 e. The first-order valence-corrected chi connectivity index (χ1v) is 12.9. The average Bonchev–Trinajstić information content (AvgIpc) is 3.33. The molecule has 2 amide bonds. The topological polar surface area (TPSA) is 65.6 Å². The molecule has 1 fully saturated rings. The highest BCUT2D eigenvalue weighted by atomic mass is 16.5. The number of aryl methyl sites for hydroxylation is 1. The summed E-state index contributed by atoms with van der Waals surface area (Å²) in [5, 5.41) is 1.10. The van der Waals surface area contributed by atoms with Gasteiger partial charge in [-0.15, -0.1) is 0 Å². The number of hydrogen-bond acceptors (Lipinski definition) is 3. The first-order valence-electron chi connectivity index (χ1n) is 12.9. The Morgan fingerprint density at radius 3 is 2.46 bits per heavy atom. The van der Waals surface area contributed by atoms with E-state index < -0.39 is 5.54 Å². The number of aromatic amines is 1. The van der Waals surface area contributed by atoms with Crippen LogP contribution in [0.2, 0.25) is 0 Å². The predicted octanol–water partition coefficient (Wildman–Crippen LogP) is 4.84. The second-order valence-corrected chi connectivity index (χ2v) is 10.2. The smallest absolute Gasteiger partial charge is 0.254 e. The summed E-state index contributed by atoms with van der Waals surface area (Å²) in [6.07, 6.45) is 1.68. The zero-order valence-corrected chi connectivity index (χ0v) is 21.2. The summed E-state index contributed by atoms with van der Waals surface area (Å²) in [5.74, 6) is 0.719. The number of aromatic nitrogens is 1. The van der Waals surface area contributed by atoms with Gasteiger partial charge in [-0.05, 0) is 54.7 Å². The molecule has 3 heterocycles. The zero-order chi connectivity index (χ0) is 25.6. The molecule has 0 bridgehead atoms. The van der Waals surface area contributed by atoms with Crippen LogP contribution in [0.3, 0.4) is 0 Å². The standard InChI is InChI=1S/C31H31N3O3/c1-31-29-28(24-12-6-7-13-26(24)32-29)25(22-14-16-23(37-2)17-15-22)19-34(31)27(35)20-33(30(31)36)18-8-11-21-9-4-3-5-10-21/h3-7,9-10,12-17,25,32H,8,11,18-20H2,1-2H3/t25?,31-/m0/s1.